The molecule has 0 spiro atoms. The van der Waals surface area contributed by atoms with Gasteiger partial charge < -0.3 is 24.1 Å². The summed E-state index contributed by atoms with van der Waals surface area (Å²) in [7, 11) is -1.34. The van der Waals surface area contributed by atoms with Gasteiger partial charge >= 0.3 is 5.97 Å². The highest BCUT2D eigenvalue weighted by molar-refractivity contribution is 7.92. The molecule has 4 rings (SSSR count). The third kappa shape index (κ3) is 6.75. The van der Waals surface area contributed by atoms with Crippen LogP contribution in [0.4, 0.5) is 5.00 Å². The first-order valence-corrected chi connectivity index (χ1v) is 15.7. The Morgan fingerprint density at radius 1 is 1.13 bits per heavy atom. The molecular weight excluding hydrogens is 566 g/mol. The average molecular weight is 596 g/mol. The first-order valence-electron chi connectivity index (χ1n) is 12.2. The molecule has 14 heteroatoms. The van der Waals surface area contributed by atoms with Gasteiger partial charge in [0.05, 0.1) is 36.1 Å². The zero-order chi connectivity index (χ0) is 28.2. The summed E-state index contributed by atoms with van der Waals surface area (Å²) >= 11 is 2.47. The van der Waals surface area contributed by atoms with Gasteiger partial charge in [-0.25, -0.2) is 13.2 Å². The summed E-state index contributed by atoms with van der Waals surface area (Å²) in [5.41, 5.74) is 1.90. The molecule has 11 nitrogen and oxygen atoms in total. The Morgan fingerprint density at radius 2 is 1.92 bits per heavy atom. The second-order valence-corrected chi connectivity index (χ2v) is 12.9. The van der Waals surface area contributed by atoms with Crippen molar-refractivity contribution in [1.82, 2.24) is 4.57 Å². The largest absolute Gasteiger partial charge is 0.494 e. The number of thiazole rings is 1. The van der Waals surface area contributed by atoms with Crippen LogP contribution < -0.4 is 14.9 Å². The van der Waals surface area contributed by atoms with E-state index in [0.717, 1.165) is 33.5 Å². The number of esters is 1. The van der Waals surface area contributed by atoms with Gasteiger partial charge in [0.25, 0.3) is 5.91 Å². The molecule has 2 amide bonds. The number of methoxy groups -OCH3 is 2. The van der Waals surface area contributed by atoms with Gasteiger partial charge in [0.15, 0.2) is 14.6 Å². The molecule has 0 fully saturated rings. The minimum absolute atomic E-state index is 0.263. The van der Waals surface area contributed by atoms with E-state index < -0.39 is 39.1 Å². The third-order valence-electron chi connectivity index (χ3n) is 5.96. The van der Waals surface area contributed by atoms with E-state index in [9.17, 15) is 22.8 Å². The van der Waals surface area contributed by atoms with Crippen LogP contribution in [0.2, 0.25) is 0 Å². The number of carbonyl (C=O) groups excluding carboxylic acids is 3. The van der Waals surface area contributed by atoms with Crippen LogP contribution >= 0.6 is 22.7 Å². The van der Waals surface area contributed by atoms with E-state index in [1.165, 1.54) is 29.8 Å². The van der Waals surface area contributed by atoms with Crippen molar-refractivity contribution in [3.63, 3.8) is 0 Å². The number of fused-ring (bicyclic) bond motifs is 2. The van der Waals surface area contributed by atoms with Crippen molar-refractivity contribution in [2.24, 2.45) is 4.99 Å². The van der Waals surface area contributed by atoms with Crippen LogP contribution in [0.5, 0.6) is 5.75 Å². The Morgan fingerprint density at radius 3 is 2.64 bits per heavy atom. The molecule has 39 heavy (non-hydrogen) atoms. The summed E-state index contributed by atoms with van der Waals surface area (Å²) in [6.45, 7) is 3.14. The van der Waals surface area contributed by atoms with Crippen molar-refractivity contribution in [1.29, 1.82) is 0 Å². The Balaban J connectivity index is 1.51. The highest BCUT2D eigenvalue weighted by Gasteiger charge is 2.29. The van der Waals surface area contributed by atoms with E-state index in [1.54, 1.807) is 11.7 Å². The normalized spacial score (nSPS) is 13.5. The number of sulfone groups is 1. The Hall–Kier alpha value is -3.07. The summed E-state index contributed by atoms with van der Waals surface area (Å²) < 4.78 is 43.6. The second-order valence-electron chi connectivity index (χ2n) is 8.73. The number of hydrogen-bond acceptors (Lipinski definition) is 10. The summed E-state index contributed by atoms with van der Waals surface area (Å²) in [5, 5.41) is 2.79. The number of amides is 2. The maximum atomic E-state index is 12.7. The molecule has 1 aromatic carbocycles. The fourth-order valence-electron chi connectivity index (χ4n) is 4.34. The van der Waals surface area contributed by atoms with E-state index in [2.05, 4.69) is 10.3 Å². The monoisotopic (exact) mass is 595 g/mol. The second kappa shape index (κ2) is 12.4. The van der Waals surface area contributed by atoms with Gasteiger partial charge in [-0.05, 0) is 49.9 Å². The molecular formula is C25H29N3O8S3. The van der Waals surface area contributed by atoms with Crippen LogP contribution in [0, 0.1) is 0 Å². The number of hydrogen-bond donors (Lipinski definition) is 1. The fraction of sp³-hybridized carbons (Fsp3) is 0.440. The predicted molar refractivity (Wildman–Crippen MR) is 148 cm³/mol. The van der Waals surface area contributed by atoms with E-state index in [-0.39, 0.29) is 10.6 Å². The number of ether oxygens (including phenoxy) is 3. The van der Waals surface area contributed by atoms with E-state index in [1.807, 2.05) is 25.1 Å². The van der Waals surface area contributed by atoms with Gasteiger partial charge in [-0.3, -0.25) is 9.59 Å². The molecule has 3 aromatic rings. The number of benzene rings is 1. The van der Waals surface area contributed by atoms with Crippen molar-refractivity contribution < 1.29 is 37.0 Å². The maximum Gasteiger partial charge on any atom is 0.341 e. The molecule has 0 radical (unpaired) electrons. The molecule has 2 heterocycles. The van der Waals surface area contributed by atoms with Crippen LogP contribution in [0.1, 0.15) is 34.1 Å². The molecule has 1 aliphatic carbocycles. The van der Waals surface area contributed by atoms with Crippen LogP contribution in [0.25, 0.3) is 10.2 Å². The number of anilines is 1. The van der Waals surface area contributed by atoms with E-state index in [0.29, 0.717) is 36.7 Å². The lowest BCUT2D eigenvalue weighted by Gasteiger charge is -2.07. The minimum Gasteiger partial charge on any atom is -0.494 e. The molecule has 0 atom stereocenters. The number of thiophene rings is 1. The molecule has 0 saturated carbocycles. The summed E-state index contributed by atoms with van der Waals surface area (Å²) in [4.78, 5) is 43.0. The maximum absolute atomic E-state index is 12.7. The van der Waals surface area contributed by atoms with Crippen LogP contribution in [-0.2, 0) is 48.3 Å². The summed E-state index contributed by atoms with van der Waals surface area (Å²) in [5.74, 6) is -3.51. The van der Waals surface area contributed by atoms with Gasteiger partial charge in [-0.1, -0.05) is 11.3 Å². The fourth-order valence-corrected chi connectivity index (χ4v) is 7.75. The molecule has 0 bridgehead atoms. The summed E-state index contributed by atoms with van der Waals surface area (Å²) in [6.07, 6.45) is 2.37. The summed E-state index contributed by atoms with van der Waals surface area (Å²) in [6, 6.07) is 5.49. The molecule has 0 unspecified atom stereocenters. The number of rotatable bonds is 11. The van der Waals surface area contributed by atoms with Crippen molar-refractivity contribution in [2.75, 3.05) is 44.3 Å². The SMILES string of the molecule is CCOc1ccc2c(c1)sc(=NC(=O)CS(=O)(=O)CC(=O)Nc1sc3c(c1C(=O)OC)CCC3)n2CCOC. The van der Waals surface area contributed by atoms with Crippen LogP contribution in [0.3, 0.4) is 0 Å². The molecule has 210 valence electrons. The van der Waals surface area contributed by atoms with Gasteiger partial charge in [0.1, 0.15) is 22.3 Å². The lowest BCUT2D eigenvalue weighted by atomic mass is 10.1. The highest BCUT2D eigenvalue weighted by atomic mass is 32.2. The quantitative estimate of drug-likeness (QED) is 0.334. The molecule has 1 aliphatic rings. The standard InChI is InChI=1S/C25H29N3O8S3/c1-4-36-15-8-9-17-19(12-15)38-25(28(17)10-11-34-2)27-21(30)14-39(32,33)13-20(29)26-23-22(24(31)35-3)16-6-5-7-18(16)37-23/h8-9,12H,4-7,10-11,13-14H2,1-3H3,(H,26,29). The van der Waals surface area contributed by atoms with Gasteiger partial charge in [-0.2, -0.15) is 4.99 Å². The molecule has 1 N–H and O–H groups in total. The number of nitrogens with one attached hydrogen (secondary N) is 1. The van der Waals surface area contributed by atoms with Crippen molar-refractivity contribution in [2.45, 2.75) is 32.7 Å². The Labute approximate surface area is 233 Å². The Kier molecular flexibility index (Phi) is 9.20. The zero-order valence-corrected chi connectivity index (χ0v) is 24.2. The van der Waals surface area contributed by atoms with Crippen LogP contribution in [-0.4, -0.2) is 69.7 Å². The van der Waals surface area contributed by atoms with Crippen molar-refractivity contribution >= 4 is 65.5 Å². The predicted octanol–water partition coefficient (Wildman–Crippen LogP) is 2.57. The average Bonchev–Trinajstić information content (AvgIpc) is 3.54. The topological polar surface area (TPSA) is 142 Å². The van der Waals surface area contributed by atoms with E-state index >= 15 is 0 Å². The van der Waals surface area contributed by atoms with Gasteiger partial charge in [0, 0.05) is 18.5 Å². The van der Waals surface area contributed by atoms with Crippen molar-refractivity contribution in [3.8, 4) is 5.75 Å². The lowest BCUT2D eigenvalue weighted by molar-refractivity contribution is -0.115. The Bertz CT molecular complexity index is 1580. The number of aromatic nitrogens is 1. The van der Waals surface area contributed by atoms with Gasteiger partial charge in [-0.15, -0.1) is 11.3 Å². The third-order valence-corrected chi connectivity index (χ3v) is 9.60. The highest BCUT2D eigenvalue weighted by Crippen LogP contribution is 2.39. The van der Waals surface area contributed by atoms with Crippen LogP contribution in [0.15, 0.2) is 23.2 Å². The van der Waals surface area contributed by atoms with E-state index in [4.69, 9.17) is 14.2 Å². The smallest absolute Gasteiger partial charge is 0.341 e. The first-order chi connectivity index (χ1) is 18.7. The number of carbonyl (C=O) groups is 3. The number of nitrogens with zero attached hydrogens (tertiary/aromatic N) is 2. The van der Waals surface area contributed by atoms with Gasteiger partial charge in [0.2, 0.25) is 5.91 Å². The molecule has 0 saturated heterocycles. The lowest BCUT2D eigenvalue weighted by Crippen LogP contribution is -2.28. The molecule has 2 aromatic heterocycles. The minimum atomic E-state index is -4.14. The first kappa shape index (κ1) is 28.9. The zero-order valence-electron chi connectivity index (χ0n) is 21.8. The number of aryl methyl sites for hydroxylation is 1. The molecule has 0 aliphatic heterocycles. The van der Waals surface area contributed by atoms with Crippen molar-refractivity contribution in [3.05, 3.63) is 39.0 Å².